The number of hydrogen-bond acceptors (Lipinski definition) is 7. The first-order chi connectivity index (χ1) is 14.7. The second-order valence-electron chi connectivity index (χ2n) is 6.74. The number of aromatic nitrogens is 4. The van der Waals surface area contributed by atoms with Crippen molar-refractivity contribution in [1.29, 1.82) is 0 Å². The van der Waals surface area contributed by atoms with Gasteiger partial charge in [-0.1, -0.05) is 17.3 Å². The molecule has 5 rings (SSSR count). The third kappa shape index (κ3) is 3.41. The molecule has 1 aliphatic heterocycles. The number of halogens is 1. The topological polar surface area (TPSA) is 92.4 Å². The summed E-state index contributed by atoms with van der Waals surface area (Å²) in [5.41, 5.74) is 2.77. The van der Waals surface area contributed by atoms with Crippen LogP contribution in [0.5, 0.6) is 5.75 Å². The van der Waals surface area contributed by atoms with E-state index in [-0.39, 0.29) is 5.82 Å². The van der Waals surface area contributed by atoms with Crippen molar-refractivity contribution in [3.8, 4) is 28.6 Å². The van der Waals surface area contributed by atoms with Gasteiger partial charge in [-0.2, -0.15) is 10.1 Å². The van der Waals surface area contributed by atoms with Crippen molar-refractivity contribution in [3.05, 3.63) is 71.6 Å². The van der Waals surface area contributed by atoms with Crippen molar-refractivity contribution in [3.63, 3.8) is 0 Å². The predicted octanol–water partition coefficient (Wildman–Crippen LogP) is 3.62. The molecule has 1 N–H and O–H groups in total. The number of ether oxygens (including phenoxy) is 1. The lowest BCUT2D eigenvalue weighted by molar-refractivity contribution is 0.253. The predicted molar refractivity (Wildman–Crippen MR) is 107 cm³/mol. The third-order valence-corrected chi connectivity index (χ3v) is 4.75. The highest BCUT2D eigenvalue weighted by Crippen LogP contribution is 2.24. The van der Waals surface area contributed by atoms with Gasteiger partial charge in [0, 0.05) is 5.56 Å². The van der Waals surface area contributed by atoms with Gasteiger partial charge in [-0.05, 0) is 36.4 Å². The maximum absolute atomic E-state index is 14.1. The molecule has 3 heterocycles. The van der Waals surface area contributed by atoms with Crippen LogP contribution in [0.25, 0.3) is 22.8 Å². The van der Waals surface area contributed by atoms with Crippen molar-refractivity contribution in [2.24, 2.45) is 5.10 Å². The zero-order valence-electron chi connectivity index (χ0n) is 16.0. The Bertz CT molecular complexity index is 1210. The highest BCUT2D eigenvalue weighted by atomic mass is 19.1. The molecule has 0 bridgehead atoms. The summed E-state index contributed by atoms with van der Waals surface area (Å²) >= 11 is 0. The first-order valence-corrected chi connectivity index (χ1v) is 9.29. The molecule has 0 spiro atoms. The van der Waals surface area contributed by atoms with Gasteiger partial charge in [-0.15, -0.1) is 0 Å². The van der Waals surface area contributed by atoms with Crippen LogP contribution < -0.4 is 4.74 Å². The molecule has 0 amide bonds. The van der Waals surface area contributed by atoms with Crippen molar-refractivity contribution in [1.82, 2.24) is 25.1 Å². The van der Waals surface area contributed by atoms with Crippen LogP contribution in [-0.2, 0) is 13.1 Å². The number of H-pyrrole nitrogens is 1. The summed E-state index contributed by atoms with van der Waals surface area (Å²) in [6.45, 7) is 0.806. The van der Waals surface area contributed by atoms with Gasteiger partial charge in [-0.3, -0.25) is 5.01 Å². The van der Waals surface area contributed by atoms with E-state index >= 15 is 0 Å². The molecule has 0 fully saturated rings. The second-order valence-corrected chi connectivity index (χ2v) is 6.74. The Labute approximate surface area is 171 Å². The van der Waals surface area contributed by atoms with Gasteiger partial charge in [0.1, 0.15) is 17.4 Å². The van der Waals surface area contributed by atoms with Gasteiger partial charge in [0.25, 0.3) is 5.89 Å². The Kier molecular flexibility index (Phi) is 4.47. The maximum Gasteiger partial charge on any atom is 0.257 e. The average Bonchev–Trinajstić information content (AvgIpc) is 3.41. The summed E-state index contributed by atoms with van der Waals surface area (Å²) in [7, 11) is 1.61. The van der Waals surface area contributed by atoms with Crippen LogP contribution in [0.15, 0.2) is 58.2 Å². The van der Waals surface area contributed by atoms with E-state index in [9.17, 15) is 4.39 Å². The van der Waals surface area contributed by atoms with E-state index in [0.717, 1.165) is 22.7 Å². The fraction of sp³-hybridized carbons (Fsp3) is 0.143. The van der Waals surface area contributed by atoms with Crippen LogP contribution in [0.1, 0.15) is 17.2 Å². The number of hydrogen-bond donors (Lipinski definition) is 1. The van der Waals surface area contributed by atoms with E-state index in [1.165, 1.54) is 6.07 Å². The van der Waals surface area contributed by atoms with Crippen LogP contribution in [0.2, 0.25) is 0 Å². The lowest BCUT2D eigenvalue weighted by Gasteiger charge is -2.19. The molecule has 0 unspecified atom stereocenters. The zero-order chi connectivity index (χ0) is 20.5. The van der Waals surface area contributed by atoms with Crippen LogP contribution in [0.3, 0.4) is 0 Å². The molecule has 9 heteroatoms. The Balaban J connectivity index is 1.30. The largest absolute Gasteiger partial charge is 0.497 e. The monoisotopic (exact) mass is 404 g/mol. The van der Waals surface area contributed by atoms with E-state index < -0.39 is 0 Å². The highest BCUT2D eigenvalue weighted by molar-refractivity contribution is 5.80. The molecule has 0 atom stereocenters. The summed E-state index contributed by atoms with van der Waals surface area (Å²) in [5, 5.41) is 10.2. The molecule has 4 aromatic rings. The molecule has 150 valence electrons. The van der Waals surface area contributed by atoms with Crippen LogP contribution in [0, 0.1) is 5.82 Å². The van der Waals surface area contributed by atoms with Crippen LogP contribution in [0.4, 0.5) is 4.39 Å². The number of imidazole rings is 1. The van der Waals surface area contributed by atoms with Gasteiger partial charge in [-0.25, -0.2) is 9.37 Å². The number of benzene rings is 2. The van der Waals surface area contributed by atoms with E-state index in [4.69, 9.17) is 9.26 Å². The average molecular weight is 404 g/mol. The first-order valence-electron chi connectivity index (χ1n) is 9.29. The van der Waals surface area contributed by atoms with Gasteiger partial charge < -0.3 is 14.2 Å². The van der Waals surface area contributed by atoms with Gasteiger partial charge >= 0.3 is 0 Å². The summed E-state index contributed by atoms with van der Waals surface area (Å²) < 4.78 is 24.6. The standard InChI is InChI=1S/C21H17FN6O2/c1-29-14-8-6-13(7-9-14)21-26-19(27-30-21)12-28-11-18-17(10-23-28)24-20(25-18)15-4-2-3-5-16(15)22/h2-10H,11-12H2,1H3,(H,24,25). The van der Waals surface area contributed by atoms with Crippen molar-refractivity contribution < 1.29 is 13.7 Å². The maximum atomic E-state index is 14.1. The van der Waals surface area contributed by atoms with Crippen molar-refractivity contribution in [2.75, 3.05) is 7.11 Å². The minimum Gasteiger partial charge on any atom is -0.497 e. The summed E-state index contributed by atoms with van der Waals surface area (Å²) in [4.78, 5) is 12.1. The van der Waals surface area contributed by atoms with E-state index in [1.807, 2.05) is 24.3 Å². The molecule has 30 heavy (non-hydrogen) atoms. The SMILES string of the molecule is COc1ccc(-c2nc(CN3Cc4nc(-c5ccccc5F)[nH]c4C=N3)no2)cc1. The summed E-state index contributed by atoms with van der Waals surface area (Å²) in [6.07, 6.45) is 1.67. The Hall–Kier alpha value is -4.01. The fourth-order valence-electron chi connectivity index (χ4n) is 3.21. The smallest absolute Gasteiger partial charge is 0.257 e. The van der Waals surface area contributed by atoms with E-state index in [0.29, 0.717) is 36.2 Å². The van der Waals surface area contributed by atoms with Crippen LogP contribution >= 0.6 is 0 Å². The molecule has 1 aliphatic rings. The zero-order valence-corrected chi connectivity index (χ0v) is 16.0. The molecular weight excluding hydrogens is 387 g/mol. The number of aromatic amines is 1. The van der Waals surface area contributed by atoms with Gasteiger partial charge in [0.15, 0.2) is 5.82 Å². The molecule has 8 nitrogen and oxygen atoms in total. The molecule has 2 aromatic heterocycles. The Morgan fingerprint density at radius 3 is 2.77 bits per heavy atom. The van der Waals surface area contributed by atoms with E-state index in [1.54, 1.807) is 36.5 Å². The second kappa shape index (κ2) is 7.43. The minimum absolute atomic E-state index is 0.324. The number of nitrogens with zero attached hydrogens (tertiary/aromatic N) is 5. The van der Waals surface area contributed by atoms with Gasteiger partial charge in [0.2, 0.25) is 0 Å². The highest BCUT2D eigenvalue weighted by Gasteiger charge is 2.20. The summed E-state index contributed by atoms with van der Waals surface area (Å²) in [6, 6.07) is 13.9. The molecular formula is C21H17FN6O2. The lowest BCUT2D eigenvalue weighted by Crippen LogP contribution is -2.22. The lowest BCUT2D eigenvalue weighted by atomic mass is 10.2. The molecule has 0 radical (unpaired) electrons. The quantitative estimate of drug-likeness (QED) is 0.546. The fourth-order valence-corrected chi connectivity index (χ4v) is 3.21. The number of nitrogens with one attached hydrogen (secondary N) is 1. The molecule has 0 saturated carbocycles. The number of fused-ring (bicyclic) bond motifs is 1. The Morgan fingerprint density at radius 1 is 1.13 bits per heavy atom. The van der Waals surface area contributed by atoms with Gasteiger partial charge in [0.05, 0.1) is 43.4 Å². The first kappa shape index (κ1) is 18.0. The summed E-state index contributed by atoms with van der Waals surface area (Å²) in [5.74, 6) is 1.84. The number of hydrazone groups is 1. The number of methoxy groups -OCH3 is 1. The van der Waals surface area contributed by atoms with E-state index in [2.05, 4.69) is 25.2 Å². The molecule has 2 aromatic carbocycles. The minimum atomic E-state index is -0.324. The Morgan fingerprint density at radius 2 is 1.97 bits per heavy atom. The normalized spacial score (nSPS) is 12.8. The molecule has 0 saturated heterocycles. The van der Waals surface area contributed by atoms with Crippen molar-refractivity contribution in [2.45, 2.75) is 13.1 Å². The third-order valence-electron chi connectivity index (χ3n) is 4.75. The number of rotatable bonds is 5. The molecule has 0 aliphatic carbocycles. The van der Waals surface area contributed by atoms with Crippen LogP contribution in [-0.4, -0.2) is 38.4 Å². The van der Waals surface area contributed by atoms with Crippen molar-refractivity contribution >= 4 is 6.21 Å².